The Hall–Kier alpha value is -2.44. The number of hydrogen-bond acceptors (Lipinski definition) is 5. The number of benzene rings is 1. The number of piperidine rings is 1. The minimum atomic E-state index is -0.756. The number of rotatable bonds is 3. The highest BCUT2D eigenvalue weighted by molar-refractivity contribution is 5.71. The van der Waals surface area contributed by atoms with E-state index in [4.69, 9.17) is 5.11 Å². The number of hydrogen-bond donors (Lipinski definition) is 1. The van der Waals surface area contributed by atoms with Gasteiger partial charge in [-0.2, -0.15) is 4.68 Å². The van der Waals surface area contributed by atoms with Crippen LogP contribution in [0.4, 0.5) is 5.95 Å². The van der Waals surface area contributed by atoms with Gasteiger partial charge >= 0.3 is 5.97 Å². The van der Waals surface area contributed by atoms with Gasteiger partial charge in [0, 0.05) is 13.1 Å². The van der Waals surface area contributed by atoms with E-state index in [9.17, 15) is 4.79 Å². The van der Waals surface area contributed by atoms with Crippen molar-refractivity contribution in [1.29, 1.82) is 0 Å². The molecule has 3 rings (SSSR count). The monoisotopic (exact) mass is 273 g/mol. The van der Waals surface area contributed by atoms with Crippen molar-refractivity contribution in [3.63, 3.8) is 0 Å². The minimum Gasteiger partial charge on any atom is -0.481 e. The van der Waals surface area contributed by atoms with Gasteiger partial charge in [0.2, 0.25) is 5.95 Å². The Morgan fingerprint density at radius 2 is 2.10 bits per heavy atom. The van der Waals surface area contributed by atoms with Crippen LogP contribution in [-0.4, -0.2) is 44.4 Å². The van der Waals surface area contributed by atoms with Crippen LogP contribution in [0.1, 0.15) is 12.8 Å². The fourth-order valence-corrected chi connectivity index (χ4v) is 2.48. The summed E-state index contributed by atoms with van der Waals surface area (Å²) in [6.45, 7) is 1.22. The predicted octanol–water partition coefficient (Wildman–Crippen LogP) is 0.963. The number of tetrazole rings is 1. The van der Waals surface area contributed by atoms with Gasteiger partial charge in [-0.25, -0.2) is 0 Å². The molecule has 1 fully saturated rings. The molecule has 1 aliphatic heterocycles. The van der Waals surface area contributed by atoms with Crippen molar-refractivity contribution in [2.24, 2.45) is 5.92 Å². The first-order valence-electron chi connectivity index (χ1n) is 6.57. The van der Waals surface area contributed by atoms with Crippen LogP contribution >= 0.6 is 0 Å². The Morgan fingerprint density at radius 1 is 1.30 bits per heavy atom. The smallest absolute Gasteiger partial charge is 0.308 e. The summed E-state index contributed by atoms with van der Waals surface area (Å²) in [4.78, 5) is 13.1. The van der Waals surface area contributed by atoms with E-state index in [1.54, 1.807) is 4.68 Å². The molecule has 104 valence electrons. The lowest BCUT2D eigenvalue weighted by Crippen LogP contribution is -2.40. The standard InChI is InChI=1S/C13H15N5O2/c19-12(20)10-5-4-8-17(9-10)13-14-15-16-18(13)11-6-2-1-3-7-11/h1-3,6-7,10H,4-5,8-9H2,(H,19,20). The van der Waals surface area contributed by atoms with E-state index in [1.165, 1.54) is 0 Å². The normalized spacial score (nSPS) is 19.0. The van der Waals surface area contributed by atoms with E-state index in [2.05, 4.69) is 15.5 Å². The number of anilines is 1. The summed E-state index contributed by atoms with van der Waals surface area (Å²) in [6.07, 6.45) is 1.54. The van der Waals surface area contributed by atoms with E-state index in [-0.39, 0.29) is 5.92 Å². The molecule has 1 aromatic heterocycles. The van der Waals surface area contributed by atoms with Crippen LogP contribution in [0.2, 0.25) is 0 Å². The van der Waals surface area contributed by atoms with Crippen LogP contribution in [0.15, 0.2) is 30.3 Å². The van der Waals surface area contributed by atoms with Gasteiger partial charge in [0.25, 0.3) is 0 Å². The maximum absolute atomic E-state index is 11.1. The summed E-state index contributed by atoms with van der Waals surface area (Å²) in [5.74, 6) is -0.514. The first kappa shape index (κ1) is 12.6. The molecule has 0 saturated carbocycles. The third kappa shape index (κ3) is 2.34. The Morgan fingerprint density at radius 3 is 2.85 bits per heavy atom. The molecule has 7 heteroatoms. The number of carboxylic acids is 1. The zero-order valence-corrected chi connectivity index (χ0v) is 10.9. The molecule has 0 bridgehead atoms. The number of nitrogens with zero attached hydrogens (tertiary/aromatic N) is 5. The van der Waals surface area contributed by atoms with Crippen LogP contribution in [0.3, 0.4) is 0 Å². The number of aliphatic carboxylic acids is 1. The van der Waals surface area contributed by atoms with Crippen LogP contribution < -0.4 is 4.90 Å². The number of aromatic nitrogens is 4. The van der Waals surface area contributed by atoms with Crippen molar-refractivity contribution >= 4 is 11.9 Å². The van der Waals surface area contributed by atoms with Crippen molar-refractivity contribution in [2.45, 2.75) is 12.8 Å². The summed E-state index contributed by atoms with van der Waals surface area (Å²) < 4.78 is 1.64. The van der Waals surface area contributed by atoms with Gasteiger partial charge in [0.15, 0.2) is 0 Å². The molecular weight excluding hydrogens is 258 g/mol. The predicted molar refractivity (Wildman–Crippen MR) is 71.7 cm³/mol. The lowest BCUT2D eigenvalue weighted by Gasteiger charge is -2.30. The molecule has 0 spiro atoms. The molecule has 2 aromatic rings. The van der Waals surface area contributed by atoms with Crippen molar-refractivity contribution in [1.82, 2.24) is 20.2 Å². The van der Waals surface area contributed by atoms with Crippen molar-refractivity contribution in [3.8, 4) is 5.69 Å². The second-order valence-electron chi connectivity index (χ2n) is 4.85. The third-order valence-electron chi connectivity index (χ3n) is 3.51. The molecule has 2 heterocycles. The highest BCUT2D eigenvalue weighted by atomic mass is 16.4. The molecule has 7 nitrogen and oxygen atoms in total. The molecule has 1 N–H and O–H groups in total. The molecule has 0 aliphatic carbocycles. The Balaban J connectivity index is 1.88. The number of para-hydroxylation sites is 1. The minimum absolute atomic E-state index is 0.357. The SMILES string of the molecule is O=C(O)C1CCCN(c2nnnn2-c2ccccc2)C1. The molecule has 1 aromatic carbocycles. The lowest BCUT2D eigenvalue weighted by molar-refractivity contribution is -0.141. The molecule has 1 saturated heterocycles. The maximum atomic E-state index is 11.1. The molecule has 1 unspecified atom stereocenters. The van der Waals surface area contributed by atoms with Gasteiger partial charge in [0.05, 0.1) is 11.6 Å². The Labute approximate surface area is 115 Å². The fraction of sp³-hybridized carbons (Fsp3) is 0.385. The van der Waals surface area contributed by atoms with Crippen LogP contribution in [0.25, 0.3) is 5.69 Å². The van der Waals surface area contributed by atoms with E-state index in [1.807, 2.05) is 35.2 Å². The van der Waals surface area contributed by atoms with Crippen molar-refractivity contribution in [2.75, 3.05) is 18.0 Å². The first-order chi connectivity index (χ1) is 9.75. The number of carbonyl (C=O) groups is 1. The van der Waals surface area contributed by atoms with E-state index < -0.39 is 5.97 Å². The molecule has 1 aliphatic rings. The van der Waals surface area contributed by atoms with Crippen LogP contribution in [-0.2, 0) is 4.79 Å². The summed E-state index contributed by atoms with van der Waals surface area (Å²) in [6, 6.07) is 9.58. The quantitative estimate of drug-likeness (QED) is 0.896. The highest BCUT2D eigenvalue weighted by Gasteiger charge is 2.28. The Kier molecular flexibility index (Phi) is 3.32. The molecule has 0 amide bonds. The first-order valence-corrected chi connectivity index (χ1v) is 6.57. The third-order valence-corrected chi connectivity index (χ3v) is 3.51. The zero-order chi connectivity index (χ0) is 13.9. The summed E-state index contributed by atoms with van der Waals surface area (Å²) in [5, 5.41) is 20.9. The van der Waals surface area contributed by atoms with Gasteiger partial charge in [-0.3, -0.25) is 4.79 Å². The Bertz CT molecular complexity index is 598. The van der Waals surface area contributed by atoms with Gasteiger partial charge < -0.3 is 10.0 Å². The summed E-state index contributed by atoms with van der Waals surface area (Å²) in [7, 11) is 0. The van der Waals surface area contributed by atoms with Gasteiger partial charge in [-0.05, 0) is 35.4 Å². The molecule has 0 radical (unpaired) electrons. The average molecular weight is 273 g/mol. The second kappa shape index (κ2) is 5.28. The fourth-order valence-electron chi connectivity index (χ4n) is 2.48. The molecule has 20 heavy (non-hydrogen) atoms. The summed E-state index contributed by atoms with van der Waals surface area (Å²) >= 11 is 0. The van der Waals surface area contributed by atoms with Gasteiger partial charge in [-0.15, -0.1) is 0 Å². The maximum Gasteiger partial charge on any atom is 0.308 e. The van der Waals surface area contributed by atoms with Crippen molar-refractivity contribution < 1.29 is 9.90 Å². The van der Waals surface area contributed by atoms with Gasteiger partial charge in [0.1, 0.15) is 0 Å². The number of carboxylic acid groups (broad SMARTS) is 1. The highest BCUT2D eigenvalue weighted by Crippen LogP contribution is 2.22. The molecular formula is C13H15N5O2. The lowest BCUT2D eigenvalue weighted by atomic mass is 9.99. The average Bonchev–Trinajstić information content (AvgIpc) is 2.98. The van der Waals surface area contributed by atoms with Crippen LogP contribution in [0, 0.1) is 5.92 Å². The van der Waals surface area contributed by atoms with E-state index in [0.29, 0.717) is 18.9 Å². The largest absolute Gasteiger partial charge is 0.481 e. The molecule has 1 atom stereocenters. The van der Waals surface area contributed by atoms with E-state index in [0.717, 1.165) is 18.7 Å². The second-order valence-corrected chi connectivity index (χ2v) is 4.85. The zero-order valence-electron chi connectivity index (χ0n) is 10.9. The van der Waals surface area contributed by atoms with E-state index >= 15 is 0 Å². The van der Waals surface area contributed by atoms with Crippen molar-refractivity contribution in [3.05, 3.63) is 30.3 Å². The summed E-state index contributed by atoms with van der Waals surface area (Å²) in [5.41, 5.74) is 0.866. The topological polar surface area (TPSA) is 84.1 Å². The van der Waals surface area contributed by atoms with Gasteiger partial charge in [-0.1, -0.05) is 23.3 Å². The van der Waals surface area contributed by atoms with Crippen LogP contribution in [0.5, 0.6) is 0 Å².